The van der Waals surface area contributed by atoms with Crippen molar-refractivity contribution < 1.29 is 0 Å². The number of rotatable bonds is 1. The van der Waals surface area contributed by atoms with Gasteiger partial charge in [-0.05, 0) is 18.3 Å². The molecule has 0 fully saturated rings. The minimum absolute atomic E-state index is 0.371. The second-order valence-corrected chi connectivity index (χ2v) is 3.10. The molecule has 0 unspecified atom stereocenters. The van der Waals surface area contributed by atoms with Crippen LogP contribution in [-0.2, 0) is 6.54 Å². The zero-order valence-corrected chi connectivity index (χ0v) is 7.61. The lowest BCUT2D eigenvalue weighted by atomic mass is 10.3. The number of nitrogens with one attached hydrogen (secondary N) is 2. The fraction of sp³-hybridized carbons (Fsp3) is 0.143. The Morgan fingerprint density at radius 3 is 2.92 bits per heavy atom. The topological polar surface area (TPSA) is 96.5 Å². The number of nitrogens with two attached hydrogens (primary N) is 2. The zero-order valence-electron chi connectivity index (χ0n) is 6.79. The van der Waals surface area contributed by atoms with E-state index in [-0.39, 0.29) is 0 Å². The van der Waals surface area contributed by atoms with E-state index in [0.29, 0.717) is 22.8 Å². The largest absolute Gasteiger partial charge is 0.385 e. The fourth-order valence-corrected chi connectivity index (χ4v) is 1.41. The first-order valence-electron chi connectivity index (χ1n) is 3.78. The van der Waals surface area contributed by atoms with Gasteiger partial charge >= 0.3 is 0 Å². The van der Waals surface area contributed by atoms with Crippen molar-refractivity contribution in [2.24, 2.45) is 5.73 Å². The van der Waals surface area contributed by atoms with Crippen LogP contribution in [0.1, 0.15) is 5.69 Å². The molecule has 6 heteroatoms. The van der Waals surface area contributed by atoms with Crippen LogP contribution in [0.3, 0.4) is 0 Å². The van der Waals surface area contributed by atoms with E-state index in [1.807, 2.05) is 6.07 Å². The van der Waals surface area contributed by atoms with Gasteiger partial charge in [-0.2, -0.15) is 0 Å². The van der Waals surface area contributed by atoms with Crippen LogP contribution in [-0.4, -0.2) is 15.0 Å². The molecule has 2 aromatic rings. The summed E-state index contributed by atoms with van der Waals surface area (Å²) in [6.45, 7) is 0.433. The molecule has 13 heavy (non-hydrogen) atoms. The van der Waals surface area contributed by atoms with Gasteiger partial charge in [0.1, 0.15) is 11.5 Å². The average molecular weight is 195 g/mol. The van der Waals surface area contributed by atoms with E-state index in [0.717, 1.165) is 11.1 Å². The molecule has 0 bridgehead atoms. The van der Waals surface area contributed by atoms with E-state index in [2.05, 4.69) is 15.0 Å². The van der Waals surface area contributed by atoms with Gasteiger partial charge in [-0.1, -0.05) is 0 Å². The Kier molecular flexibility index (Phi) is 1.78. The van der Waals surface area contributed by atoms with E-state index in [9.17, 15) is 0 Å². The lowest BCUT2D eigenvalue weighted by Crippen LogP contribution is -1.95. The number of H-pyrrole nitrogens is 2. The number of hydrogen-bond donors (Lipinski definition) is 4. The van der Waals surface area contributed by atoms with E-state index in [1.165, 1.54) is 0 Å². The predicted molar refractivity (Wildman–Crippen MR) is 53.6 cm³/mol. The number of anilines is 1. The van der Waals surface area contributed by atoms with Crippen molar-refractivity contribution in [2.75, 3.05) is 5.73 Å². The quantitative estimate of drug-likeness (QED) is 0.502. The van der Waals surface area contributed by atoms with Gasteiger partial charge in [0.05, 0.1) is 5.39 Å². The summed E-state index contributed by atoms with van der Waals surface area (Å²) < 4.78 is 0.371. The third-order valence-electron chi connectivity index (χ3n) is 1.82. The molecule has 0 amide bonds. The Bertz CT molecular complexity index is 497. The molecule has 2 aromatic heterocycles. The van der Waals surface area contributed by atoms with Gasteiger partial charge in [0.2, 0.25) is 0 Å². The highest BCUT2D eigenvalue weighted by Gasteiger charge is 2.03. The van der Waals surface area contributed by atoms with Crippen LogP contribution < -0.4 is 11.5 Å². The van der Waals surface area contributed by atoms with Gasteiger partial charge in [0, 0.05) is 12.2 Å². The van der Waals surface area contributed by atoms with Crippen molar-refractivity contribution in [3.05, 3.63) is 16.5 Å². The molecule has 0 aliphatic heterocycles. The van der Waals surface area contributed by atoms with Crippen LogP contribution >= 0.6 is 12.2 Å². The molecule has 0 aliphatic rings. The standard InChI is InChI=1S/C7H9N5S/c8-2-3-1-4-5(9)11-7(13)12-6(4)10-3/h1H,2,8H2,(H4,9,10,11,12,13). The van der Waals surface area contributed by atoms with Crippen molar-refractivity contribution in [2.45, 2.75) is 6.54 Å². The first-order chi connectivity index (χ1) is 6.20. The van der Waals surface area contributed by atoms with Crippen molar-refractivity contribution in [1.82, 2.24) is 15.0 Å². The molecular weight excluding hydrogens is 186 g/mol. The van der Waals surface area contributed by atoms with Crippen LogP contribution in [0.4, 0.5) is 5.82 Å². The Morgan fingerprint density at radius 1 is 1.46 bits per heavy atom. The van der Waals surface area contributed by atoms with E-state index < -0.39 is 0 Å². The summed E-state index contributed by atoms with van der Waals surface area (Å²) in [6, 6.07) is 1.86. The molecule has 68 valence electrons. The molecule has 5 nitrogen and oxygen atoms in total. The lowest BCUT2D eigenvalue weighted by molar-refractivity contribution is 1.01. The number of nitrogen functional groups attached to an aromatic ring is 1. The summed E-state index contributed by atoms with van der Waals surface area (Å²) in [5.41, 5.74) is 12.7. The highest BCUT2D eigenvalue weighted by molar-refractivity contribution is 7.71. The summed E-state index contributed by atoms with van der Waals surface area (Å²) in [5.74, 6) is 0.519. The third kappa shape index (κ3) is 1.30. The van der Waals surface area contributed by atoms with Crippen LogP contribution in [0.15, 0.2) is 6.07 Å². The second-order valence-electron chi connectivity index (χ2n) is 2.72. The summed E-state index contributed by atoms with van der Waals surface area (Å²) in [7, 11) is 0. The first kappa shape index (κ1) is 8.21. The molecule has 0 aliphatic carbocycles. The molecule has 2 heterocycles. The maximum Gasteiger partial charge on any atom is 0.200 e. The third-order valence-corrected chi connectivity index (χ3v) is 2.01. The number of fused-ring (bicyclic) bond motifs is 1. The van der Waals surface area contributed by atoms with Crippen LogP contribution in [0.25, 0.3) is 11.0 Å². The van der Waals surface area contributed by atoms with Crippen LogP contribution in [0.5, 0.6) is 0 Å². The number of aromatic amines is 2. The molecule has 0 saturated carbocycles. The van der Waals surface area contributed by atoms with E-state index in [1.54, 1.807) is 0 Å². The molecule has 2 rings (SSSR count). The number of nitrogens with zero attached hydrogens (tertiary/aromatic N) is 1. The molecule has 0 saturated heterocycles. The fourth-order valence-electron chi connectivity index (χ4n) is 1.21. The maximum absolute atomic E-state index is 5.70. The van der Waals surface area contributed by atoms with Crippen LogP contribution in [0.2, 0.25) is 0 Å². The Balaban J connectivity index is 2.83. The van der Waals surface area contributed by atoms with Gasteiger partial charge in [-0.15, -0.1) is 0 Å². The SMILES string of the molecule is NCc1cc2c(N)[nH]c(=S)nc2[nH]1. The van der Waals surface area contributed by atoms with Crippen molar-refractivity contribution >= 4 is 29.1 Å². The Labute approximate surface area is 79.2 Å². The van der Waals surface area contributed by atoms with Gasteiger partial charge in [-0.3, -0.25) is 0 Å². The summed E-state index contributed by atoms with van der Waals surface area (Å²) in [4.78, 5) is 9.87. The first-order valence-corrected chi connectivity index (χ1v) is 4.19. The predicted octanol–water partition coefficient (Wildman–Crippen LogP) is 0.661. The number of aromatic nitrogens is 3. The van der Waals surface area contributed by atoms with Crippen LogP contribution in [0, 0.1) is 4.77 Å². The van der Waals surface area contributed by atoms with E-state index in [4.69, 9.17) is 23.7 Å². The summed E-state index contributed by atoms with van der Waals surface area (Å²) >= 11 is 4.87. The highest BCUT2D eigenvalue weighted by Crippen LogP contribution is 2.17. The Morgan fingerprint density at radius 2 is 2.23 bits per heavy atom. The van der Waals surface area contributed by atoms with Gasteiger partial charge in [0.15, 0.2) is 4.77 Å². The van der Waals surface area contributed by atoms with Gasteiger partial charge in [-0.25, -0.2) is 4.98 Å². The van der Waals surface area contributed by atoms with Gasteiger partial charge < -0.3 is 21.4 Å². The highest BCUT2D eigenvalue weighted by atomic mass is 32.1. The monoisotopic (exact) mass is 195 g/mol. The summed E-state index contributed by atoms with van der Waals surface area (Å²) in [5, 5.41) is 0.828. The minimum atomic E-state index is 0.371. The van der Waals surface area contributed by atoms with Crippen molar-refractivity contribution in [1.29, 1.82) is 0 Å². The lowest BCUT2D eigenvalue weighted by Gasteiger charge is -1.93. The molecule has 6 N–H and O–H groups in total. The zero-order chi connectivity index (χ0) is 9.42. The second kappa shape index (κ2) is 2.82. The van der Waals surface area contributed by atoms with Crippen molar-refractivity contribution in [3.63, 3.8) is 0 Å². The average Bonchev–Trinajstić information content (AvgIpc) is 2.47. The molecular formula is C7H9N5S. The minimum Gasteiger partial charge on any atom is -0.385 e. The van der Waals surface area contributed by atoms with Gasteiger partial charge in [0.25, 0.3) is 0 Å². The maximum atomic E-state index is 5.70. The molecule has 0 aromatic carbocycles. The molecule has 0 radical (unpaired) electrons. The Hall–Kier alpha value is -1.40. The number of hydrogen-bond acceptors (Lipinski definition) is 4. The normalized spacial score (nSPS) is 10.8. The summed E-state index contributed by atoms with van der Waals surface area (Å²) in [6.07, 6.45) is 0. The van der Waals surface area contributed by atoms with Crippen molar-refractivity contribution in [3.8, 4) is 0 Å². The smallest absolute Gasteiger partial charge is 0.200 e. The van der Waals surface area contributed by atoms with E-state index >= 15 is 0 Å². The molecule has 0 spiro atoms. The molecule has 0 atom stereocenters.